The topological polar surface area (TPSA) is 45.5 Å². The number of rotatable bonds is 7. The Morgan fingerprint density at radius 2 is 1.84 bits per heavy atom. The summed E-state index contributed by atoms with van der Waals surface area (Å²) < 4.78 is 43.5. The fraction of sp³-hybridized carbons (Fsp3) is 0.389. The van der Waals surface area contributed by atoms with Gasteiger partial charge in [0, 0.05) is 25.1 Å². The summed E-state index contributed by atoms with van der Waals surface area (Å²) in [7, 11) is 1.78. The highest BCUT2D eigenvalue weighted by Crippen LogP contribution is 2.31. The van der Waals surface area contributed by atoms with E-state index in [4.69, 9.17) is 4.42 Å². The molecule has 0 unspecified atom stereocenters. The normalized spacial score (nSPS) is 11.6. The molecule has 0 saturated carbocycles. The van der Waals surface area contributed by atoms with Crippen LogP contribution in [0.1, 0.15) is 24.7 Å². The third-order valence-corrected chi connectivity index (χ3v) is 3.83. The van der Waals surface area contributed by atoms with E-state index in [0.717, 1.165) is 12.1 Å². The Labute approximate surface area is 144 Å². The van der Waals surface area contributed by atoms with Gasteiger partial charge in [-0.2, -0.15) is 13.2 Å². The fourth-order valence-corrected chi connectivity index (χ4v) is 2.40. The zero-order chi connectivity index (χ0) is 18.4. The molecular weight excluding hydrogens is 333 g/mol. The SMILES string of the molecule is CCN(Cc1ccc(-c2ccc(C(F)(F)F)cc2)o1)C(=O)CCNC. The van der Waals surface area contributed by atoms with Gasteiger partial charge < -0.3 is 14.6 Å². The van der Waals surface area contributed by atoms with Crippen LogP contribution in [0.25, 0.3) is 11.3 Å². The summed E-state index contributed by atoms with van der Waals surface area (Å²) in [5, 5.41) is 2.93. The van der Waals surface area contributed by atoms with Crippen molar-refractivity contribution in [3.63, 3.8) is 0 Å². The first kappa shape index (κ1) is 19.1. The number of furan rings is 1. The van der Waals surface area contributed by atoms with Gasteiger partial charge >= 0.3 is 6.18 Å². The molecule has 1 aromatic heterocycles. The molecule has 1 aromatic carbocycles. The van der Waals surface area contributed by atoms with E-state index in [-0.39, 0.29) is 5.91 Å². The summed E-state index contributed by atoms with van der Waals surface area (Å²) in [5.41, 5.74) is -0.140. The van der Waals surface area contributed by atoms with Crippen LogP contribution in [0.5, 0.6) is 0 Å². The Morgan fingerprint density at radius 1 is 1.16 bits per heavy atom. The lowest BCUT2D eigenvalue weighted by molar-refractivity contribution is -0.137. The summed E-state index contributed by atoms with van der Waals surface area (Å²) >= 11 is 0. The number of carbonyl (C=O) groups is 1. The standard InChI is InChI=1S/C18H21F3N2O2/c1-3-23(17(24)10-11-22-2)12-15-8-9-16(25-15)13-4-6-14(7-5-13)18(19,20)21/h4-9,22H,3,10-12H2,1-2H3. The molecule has 136 valence electrons. The van der Waals surface area contributed by atoms with Crippen molar-refractivity contribution in [1.29, 1.82) is 0 Å². The van der Waals surface area contributed by atoms with Crippen molar-refractivity contribution >= 4 is 5.91 Å². The van der Waals surface area contributed by atoms with Crippen LogP contribution < -0.4 is 5.32 Å². The van der Waals surface area contributed by atoms with E-state index in [0.29, 0.717) is 43.1 Å². The van der Waals surface area contributed by atoms with Gasteiger partial charge in [0.1, 0.15) is 11.5 Å². The molecule has 4 nitrogen and oxygen atoms in total. The third-order valence-electron chi connectivity index (χ3n) is 3.83. The number of carbonyl (C=O) groups excluding carboxylic acids is 1. The van der Waals surface area contributed by atoms with Gasteiger partial charge in [-0.15, -0.1) is 0 Å². The minimum absolute atomic E-state index is 0.0179. The monoisotopic (exact) mass is 354 g/mol. The summed E-state index contributed by atoms with van der Waals surface area (Å²) in [4.78, 5) is 13.8. The first-order valence-electron chi connectivity index (χ1n) is 8.04. The maximum atomic E-state index is 12.6. The Morgan fingerprint density at radius 3 is 2.40 bits per heavy atom. The van der Waals surface area contributed by atoms with Crippen molar-refractivity contribution in [3.05, 3.63) is 47.7 Å². The van der Waals surface area contributed by atoms with Crippen LogP contribution in [0, 0.1) is 0 Å². The van der Waals surface area contributed by atoms with Crippen LogP contribution in [-0.4, -0.2) is 30.9 Å². The molecule has 2 aromatic rings. The summed E-state index contributed by atoms with van der Waals surface area (Å²) in [6, 6.07) is 8.24. The molecule has 25 heavy (non-hydrogen) atoms. The summed E-state index contributed by atoms with van der Waals surface area (Å²) in [6.45, 7) is 3.37. The highest BCUT2D eigenvalue weighted by atomic mass is 19.4. The molecule has 0 spiro atoms. The number of halogens is 3. The van der Waals surface area contributed by atoms with Gasteiger partial charge in [0.2, 0.25) is 5.91 Å². The molecular formula is C18H21F3N2O2. The Hall–Kier alpha value is -2.28. The van der Waals surface area contributed by atoms with Crippen LogP contribution in [0.4, 0.5) is 13.2 Å². The first-order valence-corrected chi connectivity index (χ1v) is 8.04. The fourth-order valence-electron chi connectivity index (χ4n) is 2.40. The predicted molar refractivity (Wildman–Crippen MR) is 88.8 cm³/mol. The molecule has 0 atom stereocenters. The van der Waals surface area contributed by atoms with Crippen LogP contribution in [-0.2, 0) is 17.5 Å². The largest absolute Gasteiger partial charge is 0.459 e. The average molecular weight is 354 g/mol. The van der Waals surface area contributed by atoms with Crippen LogP contribution in [0.3, 0.4) is 0 Å². The first-order chi connectivity index (χ1) is 11.8. The van der Waals surface area contributed by atoms with E-state index in [1.807, 2.05) is 6.92 Å². The van der Waals surface area contributed by atoms with Gasteiger partial charge in [-0.1, -0.05) is 12.1 Å². The van der Waals surface area contributed by atoms with E-state index < -0.39 is 11.7 Å². The van der Waals surface area contributed by atoms with Crippen LogP contribution in [0.2, 0.25) is 0 Å². The molecule has 1 heterocycles. The number of nitrogens with zero attached hydrogens (tertiary/aromatic N) is 1. The van der Waals surface area contributed by atoms with Gasteiger partial charge in [-0.05, 0) is 38.2 Å². The Balaban J connectivity index is 2.07. The quantitative estimate of drug-likeness (QED) is 0.820. The Bertz CT molecular complexity index is 693. The summed E-state index contributed by atoms with van der Waals surface area (Å²) in [5.74, 6) is 1.08. The zero-order valence-electron chi connectivity index (χ0n) is 14.2. The molecule has 0 aliphatic rings. The third kappa shape index (κ3) is 5.09. The molecule has 0 aliphatic heterocycles. The van der Waals surface area contributed by atoms with Crippen molar-refractivity contribution in [1.82, 2.24) is 10.2 Å². The smallest absolute Gasteiger partial charge is 0.416 e. The van der Waals surface area contributed by atoms with Gasteiger partial charge in [0.25, 0.3) is 0 Å². The molecule has 0 saturated heterocycles. The second-order valence-electron chi connectivity index (χ2n) is 5.60. The maximum absolute atomic E-state index is 12.6. The molecule has 2 rings (SSSR count). The molecule has 0 bridgehead atoms. The predicted octanol–water partition coefficient (Wildman–Crippen LogP) is 3.92. The maximum Gasteiger partial charge on any atom is 0.416 e. The number of nitrogens with one attached hydrogen (secondary N) is 1. The second kappa shape index (κ2) is 8.20. The molecule has 1 amide bonds. The molecule has 0 fully saturated rings. The number of hydrogen-bond donors (Lipinski definition) is 1. The molecule has 0 aliphatic carbocycles. The van der Waals surface area contributed by atoms with Crippen molar-refractivity contribution < 1.29 is 22.4 Å². The van der Waals surface area contributed by atoms with Gasteiger partial charge in [0.05, 0.1) is 12.1 Å². The van der Waals surface area contributed by atoms with Crippen LogP contribution >= 0.6 is 0 Å². The number of benzene rings is 1. The van der Waals surface area contributed by atoms with Crippen molar-refractivity contribution in [3.8, 4) is 11.3 Å². The highest BCUT2D eigenvalue weighted by molar-refractivity contribution is 5.76. The number of hydrogen-bond acceptors (Lipinski definition) is 3. The van der Waals surface area contributed by atoms with E-state index in [9.17, 15) is 18.0 Å². The average Bonchev–Trinajstić information content (AvgIpc) is 3.05. The molecule has 0 radical (unpaired) electrons. The minimum Gasteiger partial charge on any atom is -0.459 e. The van der Waals surface area contributed by atoms with Crippen molar-refractivity contribution in [2.45, 2.75) is 26.1 Å². The Kier molecular flexibility index (Phi) is 6.25. The lowest BCUT2D eigenvalue weighted by atomic mass is 10.1. The van der Waals surface area contributed by atoms with E-state index in [2.05, 4.69) is 5.32 Å². The van der Waals surface area contributed by atoms with E-state index in [1.165, 1.54) is 12.1 Å². The highest BCUT2D eigenvalue weighted by Gasteiger charge is 2.30. The zero-order valence-corrected chi connectivity index (χ0v) is 14.2. The van der Waals surface area contributed by atoms with Crippen LogP contribution in [0.15, 0.2) is 40.8 Å². The minimum atomic E-state index is -4.36. The molecule has 1 N–H and O–H groups in total. The lowest BCUT2D eigenvalue weighted by Crippen LogP contribution is -2.32. The van der Waals surface area contributed by atoms with Crippen molar-refractivity contribution in [2.24, 2.45) is 0 Å². The van der Waals surface area contributed by atoms with Gasteiger partial charge in [-0.3, -0.25) is 4.79 Å². The number of alkyl halides is 3. The van der Waals surface area contributed by atoms with Gasteiger partial charge in [-0.25, -0.2) is 0 Å². The molecule has 7 heteroatoms. The van der Waals surface area contributed by atoms with Gasteiger partial charge in [0.15, 0.2) is 0 Å². The summed E-state index contributed by atoms with van der Waals surface area (Å²) in [6.07, 6.45) is -3.96. The second-order valence-corrected chi connectivity index (χ2v) is 5.60. The lowest BCUT2D eigenvalue weighted by Gasteiger charge is -2.19. The van der Waals surface area contributed by atoms with E-state index in [1.54, 1.807) is 24.1 Å². The van der Waals surface area contributed by atoms with Crippen molar-refractivity contribution in [2.75, 3.05) is 20.1 Å². The van der Waals surface area contributed by atoms with E-state index >= 15 is 0 Å². The number of amides is 1.